The van der Waals surface area contributed by atoms with E-state index in [1.54, 1.807) is 34.6 Å². The molecule has 2 atom stereocenters. The summed E-state index contributed by atoms with van der Waals surface area (Å²) in [4.78, 5) is 24.4. The summed E-state index contributed by atoms with van der Waals surface area (Å²) in [6, 6.07) is -0.910. The predicted octanol–water partition coefficient (Wildman–Crippen LogP) is 1.55. The molecule has 1 rings (SSSR count). The number of hydrogen-bond acceptors (Lipinski definition) is 5. The Morgan fingerprint density at radius 1 is 1.48 bits per heavy atom. The number of nitrogens with zero attached hydrogens (tertiary/aromatic N) is 1. The van der Waals surface area contributed by atoms with E-state index in [1.807, 2.05) is 0 Å². The van der Waals surface area contributed by atoms with Crippen molar-refractivity contribution >= 4 is 12.1 Å². The summed E-state index contributed by atoms with van der Waals surface area (Å²) in [5.41, 5.74) is 4.13. The Morgan fingerprint density at radius 2 is 2.05 bits per heavy atom. The van der Waals surface area contributed by atoms with E-state index in [1.165, 1.54) is 4.90 Å². The maximum atomic E-state index is 12.2. The van der Waals surface area contributed by atoms with Crippen LogP contribution in [0.25, 0.3) is 0 Å². The van der Waals surface area contributed by atoms with Crippen molar-refractivity contribution in [2.45, 2.75) is 70.9 Å². The first kappa shape index (κ1) is 17.7. The summed E-state index contributed by atoms with van der Waals surface area (Å²) in [5, 5.41) is 8.78. The average Bonchev–Trinajstić information content (AvgIpc) is 2.58. The van der Waals surface area contributed by atoms with Crippen LogP contribution in [0.3, 0.4) is 0 Å². The smallest absolute Gasteiger partial charge is 0.412 e. The lowest BCUT2D eigenvalue weighted by atomic mass is 10.1. The summed E-state index contributed by atoms with van der Waals surface area (Å²) < 4.78 is 11.2. The third-order valence-corrected chi connectivity index (χ3v) is 3.22. The van der Waals surface area contributed by atoms with E-state index in [4.69, 9.17) is 20.3 Å². The molecule has 1 heterocycles. The fourth-order valence-corrected chi connectivity index (χ4v) is 2.18. The molecule has 0 saturated carbocycles. The van der Waals surface area contributed by atoms with Crippen molar-refractivity contribution in [3.63, 3.8) is 0 Å². The largest absolute Gasteiger partial charge is 0.480 e. The summed E-state index contributed by atoms with van der Waals surface area (Å²) in [5.74, 6) is -1.03. The normalized spacial score (nSPS) is 23.0. The Hall–Kier alpha value is -1.34. The number of hydrogen-bond donors (Lipinski definition) is 2. The average molecular weight is 302 g/mol. The molecule has 1 saturated heterocycles. The minimum atomic E-state index is -1.03. The predicted molar refractivity (Wildman–Crippen MR) is 76.7 cm³/mol. The van der Waals surface area contributed by atoms with Crippen LogP contribution in [0.2, 0.25) is 0 Å². The van der Waals surface area contributed by atoms with Gasteiger partial charge in [-0.1, -0.05) is 0 Å². The summed E-state index contributed by atoms with van der Waals surface area (Å²) in [6.07, 6.45) is 0.115. The van der Waals surface area contributed by atoms with E-state index in [2.05, 4.69) is 0 Å². The molecule has 0 bridgehead atoms. The molecule has 122 valence electrons. The van der Waals surface area contributed by atoms with Crippen LogP contribution in [-0.4, -0.2) is 52.1 Å². The molecule has 1 fully saturated rings. The summed E-state index contributed by atoms with van der Waals surface area (Å²) >= 11 is 0. The Labute approximate surface area is 125 Å². The van der Waals surface area contributed by atoms with E-state index in [-0.39, 0.29) is 6.10 Å². The van der Waals surface area contributed by atoms with E-state index < -0.39 is 29.4 Å². The van der Waals surface area contributed by atoms with Gasteiger partial charge in [-0.15, -0.1) is 0 Å². The van der Waals surface area contributed by atoms with Gasteiger partial charge in [-0.3, -0.25) is 9.69 Å². The second-order valence-electron chi connectivity index (χ2n) is 6.80. The molecule has 0 aromatic rings. The highest BCUT2D eigenvalue weighted by Gasteiger charge is 2.43. The summed E-state index contributed by atoms with van der Waals surface area (Å²) in [7, 11) is 0. The SMILES string of the molecule is CC(C)(C)OC(=O)N1C[C@@H](CC[C@H](N)C(=O)O)OC1(C)C. The second kappa shape index (κ2) is 6.19. The summed E-state index contributed by atoms with van der Waals surface area (Å²) in [6.45, 7) is 9.35. The number of amides is 1. The van der Waals surface area contributed by atoms with Crippen molar-refractivity contribution in [2.24, 2.45) is 5.73 Å². The molecule has 0 radical (unpaired) electrons. The van der Waals surface area contributed by atoms with Gasteiger partial charge in [0.15, 0.2) is 0 Å². The van der Waals surface area contributed by atoms with Gasteiger partial charge in [0.1, 0.15) is 17.4 Å². The highest BCUT2D eigenvalue weighted by atomic mass is 16.6. The van der Waals surface area contributed by atoms with Gasteiger partial charge >= 0.3 is 12.1 Å². The van der Waals surface area contributed by atoms with Crippen molar-refractivity contribution in [1.82, 2.24) is 4.90 Å². The van der Waals surface area contributed by atoms with Crippen molar-refractivity contribution in [2.75, 3.05) is 6.54 Å². The molecular formula is C14H26N2O5. The Kier molecular flexibility index (Phi) is 5.22. The molecule has 1 aliphatic rings. The Morgan fingerprint density at radius 3 is 2.52 bits per heavy atom. The zero-order chi connectivity index (χ0) is 16.4. The van der Waals surface area contributed by atoms with Gasteiger partial charge in [0.25, 0.3) is 0 Å². The van der Waals surface area contributed by atoms with Crippen molar-refractivity contribution in [3.8, 4) is 0 Å². The number of aliphatic carboxylic acids is 1. The van der Waals surface area contributed by atoms with Gasteiger partial charge in [0.05, 0.1) is 12.6 Å². The first-order valence-corrected chi connectivity index (χ1v) is 7.09. The molecule has 0 aromatic carbocycles. The van der Waals surface area contributed by atoms with Gasteiger partial charge in [-0.25, -0.2) is 4.79 Å². The van der Waals surface area contributed by atoms with Crippen LogP contribution in [0.1, 0.15) is 47.5 Å². The van der Waals surface area contributed by atoms with Crippen LogP contribution < -0.4 is 5.73 Å². The molecule has 21 heavy (non-hydrogen) atoms. The fourth-order valence-electron chi connectivity index (χ4n) is 2.18. The third kappa shape index (κ3) is 5.17. The van der Waals surface area contributed by atoms with Gasteiger partial charge in [-0.2, -0.15) is 0 Å². The van der Waals surface area contributed by atoms with Gasteiger partial charge < -0.3 is 20.3 Å². The number of carboxylic acid groups (broad SMARTS) is 1. The molecule has 0 unspecified atom stereocenters. The molecule has 7 nitrogen and oxygen atoms in total. The van der Waals surface area contributed by atoms with Gasteiger partial charge in [0, 0.05) is 0 Å². The molecule has 0 aromatic heterocycles. The van der Waals surface area contributed by atoms with Crippen LogP contribution in [-0.2, 0) is 14.3 Å². The minimum absolute atomic E-state index is 0.238. The van der Waals surface area contributed by atoms with E-state index in [0.717, 1.165) is 0 Å². The number of carboxylic acids is 1. The Bertz CT molecular complexity index is 403. The fraction of sp³-hybridized carbons (Fsp3) is 0.857. The second-order valence-corrected chi connectivity index (χ2v) is 6.80. The standard InChI is InChI=1S/C14H26N2O5/c1-13(2,3)21-12(19)16-8-9(20-14(16,4)5)6-7-10(15)11(17)18/h9-10H,6-8,15H2,1-5H3,(H,17,18)/t9-,10+/m1/s1. The molecule has 7 heteroatoms. The van der Waals surface area contributed by atoms with Crippen molar-refractivity contribution < 1.29 is 24.2 Å². The lowest BCUT2D eigenvalue weighted by molar-refractivity contribution is -0.138. The molecule has 0 spiro atoms. The first-order chi connectivity index (χ1) is 9.42. The number of carbonyl (C=O) groups excluding carboxylic acids is 1. The zero-order valence-electron chi connectivity index (χ0n) is 13.4. The van der Waals surface area contributed by atoms with Gasteiger partial charge in [-0.05, 0) is 47.5 Å². The lowest BCUT2D eigenvalue weighted by Crippen LogP contribution is -2.46. The first-order valence-electron chi connectivity index (χ1n) is 7.09. The molecule has 0 aliphatic carbocycles. The van der Waals surface area contributed by atoms with E-state index in [9.17, 15) is 9.59 Å². The van der Waals surface area contributed by atoms with Crippen LogP contribution >= 0.6 is 0 Å². The third-order valence-electron chi connectivity index (χ3n) is 3.22. The molecular weight excluding hydrogens is 276 g/mol. The highest BCUT2D eigenvalue weighted by molar-refractivity contribution is 5.73. The lowest BCUT2D eigenvalue weighted by Gasteiger charge is -2.31. The minimum Gasteiger partial charge on any atom is -0.480 e. The highest BCUT2D eigenvalue weighted by Crippen LogP contribution is 2.30. The van der Waals surface area contributed by atoms with E-state index >= 15 is 0 Å². The van der Waals surface area contributed by atoms with Crippen molar-refractivity contribution in [1.29, 1.82) is 0 Å². The van der Waals surface area contributed by atoms with Crippen LogP contribution in [0.5, 0.6) is 0 Å². The maximum absolute atomic E-state index is 12.2. The van der Waals surface area contributed by atoms with Crippen LogP contribution in [0, 0.1) is 0 Å². The number of carbonyl (C=O) groups is 2. The molecule has 3 N–H and O–H groups in total. The van der Waals surface area contributed by atoms with Crippen LogP contribution in [0.15, 0.2) is 0 Å². The number of nitrogens with two attached hydrogens (primary N) is 1. The molecule has 1 amide bonds. The number of ether oxygens (including phenoxy) is 2. The molecule has 1 aliphatic heterocycles. The topological polar surface area (TPSA) is 102 Å². The zero-order valence-corrected chi connectivity index (χ0v) is 13.4. The van der Waals surface area contributed by atoms with E-state index in [0.29, 0.717) is 19.4 Å². The quantitative estimate of drug-likeness (QED) is 0.817. The monoisotopic (exact) mass is 302 g/mol. The van der Waals surface area contributed by atoms with Crippen LogP contribution in [0.4, 0.5) is 4.79 Å². The van der Waals surface area contributed by atoms with Gasteiger partial charge in [0.2, 0.25) is 0 Å². The van der Waals surface area contributed by atoms with Crippen molar-refractivity contribution in [3.05, 3.63) is 0 Å². The Balaban J connectivity index is 2.60. The number of rotatable bonds is 4. The maximum Gasteiger partial charge on any atom is 0.412 e.